The summed E-state index contributed by atoms with van der Waals surface area (Å²) in [6.45, 7) is 3.69. The van der Waals surface area contributed by atoms with Gasteiger partial charge in [-0.05, 0) is 50.7 Å². The molecule has 3 heterocycles. The van der Waals surface area contributed by atoms with Gasteiger partial charge in [0, 0.05) is 38.3 Å². The number of likely N-dealkylation sites (tertiary alicyclic amines) is 2. The van der Waals surface area contributed by atoms with Gasteiger partial charge in [0.2, 0.25) is 0 Å². The van der Waals surface area contributed by atoms with Crippen LogP contribution in [0.4, 0.5) is 4.79 Å². The molecule has 2 atom stereocenters. The molecule has 1 N–H and O–H groups in total. The van der Waals surface area contributed by atoms with E-state index < -0.39 is 0 Å². The number of hydrogen-bond donors (Lipinski definition) is 1. The number of carbonyl (C=O) groups excluding carboxylic acids is 2. The Morgan fingerprint density at radius 1 is 0.938 bits per heavy atom. The molecule has 3 saturated heterocycles. The molecule has 0 spiro atoms. The van der Waals surface area contributed by atoms with Crippen LogP contribution in [0.1, 0.15) is 61.7 Å². The van der Waals surface area contributed by atoms with Crippen LogP contribution in [0.15, 0.2) is 24.3 Å². The van der Waals surface area contributed by atoms with E-state index in [0.29, 0.717) is 35.5 Å². The zero-order chi connectivity index (χ0) is 22.1. The third-order valence-electron chi connectivity index (χ3n) is 8.13. The Balaban J connectivity index is 1.13. The number of hydrogen-bond acceptors (Lipinski definition) is 4. The van der Waals surface area contributed by atoms with E-state index in [1.807, 2.05) is 29.2 Å². The van der Waals surface area contributed by atoms with Crippen molar-refractivity contribution in [3.05, 3.63) is 29.8 Å². The Morgan fingerprint density at radius 3 is 2.38 bits per heavy atom. The second-order valence-electron chi connectivity index (χ2n) is 9.81. The van der Waals surface area contributed by atoms with Crippen LogP contribution in [0, 0.1) is 0 Å². The van der Waals surface area contributed by atoms with Gasteiger partial charge in [-0.25, -0.2) is 4.79 Å². The van der Waals surface area contributed by atoms with Gasteiger partial charge in [0.25, 0.3) is 5.91 Å². The first kappa shape index (κ1) is 21.6. The first-order valence-electron chi connectivity index (χ1n) is 12.4. The van der Waals surface area contributed by atoms with Gasteiger partial charge in [-0.2, -0.15) is 0 Å². The molecule has 4 fully saturated rings. The van der Waals surface area contributed by atoms with Crippen molar-refractivity contribution in [1.29, 1.82) is 0 Å². The first-order valence-corrected chi connectivity index (χ1v) is 12.4. The highest BCUT2D eigenvalue weighted by Crippen LogP contribution is 2.33. The molecular formula is C25H36N4O3. The van der Waals surface area contributed by atoms with Crippen molar-refractivity contribution in [3.8, 4) is 5.75 Å². The molecule has 7 heteroatoms. The van der Waals surface area contributed by atoms with Gasteiger partial charge in [-0.15, -0.1) is 0 Å². The Kier molecular flexibility index (Phi) is 6.26. The minimum atomic E-state index is 0.0710. The lowest BCUT2D eigenvalue weighted by Gasteiger charge is -2.44. The summed E-state index contributed by atoms with van der Waals surface area (Å²) in [5.41, 5.74) is 0.652. The van der Waals surface area contributed by atoms with Crippen molar-refractivity contribution in [2.45, 2.75) is 75.5 Å². The maximum atomic E-state index is 13.0. The van der Waals surface area contributed by atoms with E-state index in [2.05, 4.69) is 15.1 Å². The van der Waals surface area contributed by atoms with E-state index in [9.17, 15) is 9.59 Å². The number of fused-ring (bicyclic) bond motifs is 1. The number of methoxy groups -OCH3 is 1. The lowest BCUT2D eigenvalue weighted by molar-refractivity contribution is 0.0470. The number of rotatable bonds is 4. The van der Waals surface area contributed by atoms with Crippen LogP contribution in [0.2, 0.25) is 0 Å². The smallest absolute Gasteiger partial charge is 0.318 e. The number of carbonyl (C=O) groups is 2. The summed E-state index contributed by atoms with van der Waals surface area (Å²) < 4.78 is 5.38. The van der Waals surface area contributed by atoms with E-state index in [-0.39, 0.29) is 11.9 Å². The average Bonchev–Trinajstić information content (AvgIpc) is 3.19. The highest BCUT2D eigenvalue weighted by molar-refractivity contribution is 5.97. The maximum Gasteiger partial charge on any atom is 0.318 e. The summed E-state index contributed by atoms with van der Waals surface area (Å²) in [5.74, 6) is 0.717. The van der Waals surface area contributed by atoms with Crippen LogP contribution in [-0.4, -0.2) is 84.1 Å². The van der Waals surface area contributed by atoms with E-state index in [0.717, 1.165) is 64.7 Å². The fraction of sp³-hybridized carbons (Fsp3) is 0.680. The van der Waals surface area contributed by atoms with Gasteiger partial charge in [0.1, 0.15) is 5.75 Å². The maximum absolute atomic E-state index is 13.0. The van der Waals surface area contributed by atoms with Gasteiger partial charge in [-0.1, -0.05) is 25.0 Å². The Morgan fingerprint density at radius 2 is 1.62 bits per heavy atom. The van der Waals surface area contributed by atoms with Crippen molar-refractivity contribution < 1.29 is 14.3 Å². The second kappa shape index (κ2) is 9.30. The lowest BCUT2D eigenvalue weighted by atomic mass is 9.89. The van der Waals surface area contributed by atoms with Crippen LogP contribution < -0.4 is 10.1 Å². The summed E-state index contributed by atoms with van der Waals surface area (Å²) in [6.07, 6.45) is 8.94. The molecule has 0 radical (unpaired) electrons. The summed E-state index contributed by atoms with van der Waals surface area (Å²) >= 11 is 0. The molecule has 0 bridgehead atoms. The molecule has 1 aromatic carbocycles. The number of piperidine rings is 2. The predicted molar refractivity (Wildman–Crippen MR) is 123 cm³/mol. The first-order chi connectivity index (χ1) is 15.7. The normalized spacial score (nSPS) is 27.8. The summed E-state index contributed by atoms with van der Waals surface area (Å²) in [7, 11) is 1.61. The quantitative estimate of drug-likeness (QED) is 0.781. The van der Waals surface area contributed by atoms with Crippen LogP contribution >= 0.6 is 0 Å². The molecule has 3 aliphatic heterocycles. The third-order valence-corrected chi connectivity index (χ3v) is 8.13. The minimum absolute atomic E-state index is 0.0710. The molecule has 1 aromatic rings. The molecule has 1 aliphatic carbocycles. The zero-order valence-electron chi connectivity index (χ0n) is 19.2. The molecular weight excluding hydrogens is 404 g/mol. The average molecular weight is 441 g/mol. The highest BCUT2D eigenvalue weighted by Gasteiger charge is 2.44. The van der Waals surface area contributed by atoms with Crippen LogP contribution in [-0.2, 0) is 0 Å². The van der Waals surface area contributed by atoms with Gasteiger partial charge < -0.3 is 24.8 Å². The Labute approximate surface area is 191 Å². The molecule has 1 saturated carbocycles. The monoisotopic (exact) mass is 440 g/mol. The number of para-hydroxylation sites is 1. The van der Waals surface area contributed by atoms with Gasteiger partial charge >= 0.3 is 6.03 Å². The predicted octanol–water partition coefficient (Wildman–Crippen LogP) is 3.10. The largest absolute Gasteiger partial charge is 0.496 e. The molecule has 0 aromatic heterocycles. The second-order valence-corrected chi connectivity index (χ2v) is 9.81. The minimum Gasteiger partial charge on any atom is -0.496 e. The van der Waals surface area contributed by atoms with Crippen molar-refractivity contribution in [3.63, 3.8) is 0 Å². The Hall–Kier alpha value is -2.28. The number of ether oxygens (including phenoxy) is 1. The van der Waals surface area contributed by atoms with E-state index >= 15 is 0 Å². The van der Waals surface area contributed by atoms with Gasteiger partial charge in [-0.3, -0.25) is 4.79 Å². The molecule has 0 unspecified atom stereocenters. The van der Waals surface area contributed by atoms with Crippen molar-refractivity contribution in [1.82, 2.24) is 20.0 Å². The number of urea groups is 1. The topological polar surface area (TPSA) is 65.1 Å². The van der Waals surface area contributed by atoms with Crippen molar-refractivity contribution in [2.75, 3.05) is 33.3 Å². The van der Waals surface area contributed by atoms with Crippen LogP contribution in [0.25, 0.3) is 0 Å². The molecule has 4 aliphatic rings. The Bertz CT molecular complexity index is 830. The number of amides is 3. The zero-order valence-corrected chi connectivity index (χ0v) is 19.2. The van der Waals surface area contributed by atoms with E-state index in [4.69, 9.17) is 4.74 Å². The van der Waals surface area contributed by atoms with Gasteiger partial charge in [0.05, 0.1) is 24.8 Å². The van der Waals surface area contributed by atoms with Crippen LogP contribution in [0.5, 0.6) is 5.75 Å². The van der Waals surface area contributed by atoms with Gasteiger partial charge in [0.15, 0.2) is 0 Å². The van der Waals surface area contributed by atoms with Crippen molar-refractivity contribution in [2.24, 2.45) is 0 Å². The number of nitrogens with one attached hydrogen (secondary N) is 1. The number of nitrogens with zero attached hydrogens (tertiary/aromatic N) is 3. The number of benzene rings is 1. The van der Waals surface area contributed by atoms with Crippen LogP contribution in [0.3, 0.4) is 0 Å². The summed E-state index contributed by atoms with van der Waals surface area (Å²) in [5, 5.41) is 3.24. The molecule has 174 valence electrons. The third kappa shape index (κ3) is 4.07. The molecule has 7 nitrogen and oxygen atoms in total. The highest BCUT2D eigenvalue weighted by atomic mass is 16.5. The van der Waals surface area contributed by atoms with Crippen molar-refractivity contribution >= 4 is 11.9 Å². The summed E-state index contributed by atoms with van der Waals surface area (Å²) in [6, 6.07) is 9.36. The SMILES string of the molecule is COc1ccccc1C(=O)N1CCC(N2CCC(N3C(=O)N[C@@H]4CCCC[C@H]43)CC2)CC1. The molecule has 5 rings (SSSR count). The summed E-state index contributed by atoms with van der Waals surface area (Å²) in [4.78, 5) is 32.4. The van der Waals surface area contributed by atoms with E-state index in [1.54, 1.807) is 7.11 Å². The fourth-order valence-electron chi connectivity index (χ4n) is 6.39. The standard InChI is InChI=1S/C25H36N4O3/c1-32-23-9-5-2-6-20(23)24(30)28-16-10-18(11-17-28)27-14-12-19(13-15-27)29-22-8-4-3-7-21(22)26-25(29)31/h2,5-6,9,18-19,21-22H,3-4,7-8,10-17H2,1H3,(H,26,31)/t21-,22-/m1/s1. The lowest BCUT2D eigenvalue weighted by Crippen LogP contribution is -2.53. The fourth-order valence-corrected chi connectivity index (χ4v) is 6.39. The molecule has 32 heavy (non-hydrogen) atoms. The van der Waals surface area contributed by atoms with E-state index in [1.165, 1.54) is 12.8 Å². The molecule has 3 amide bonds.